The Morgan fingerprint density at radius 1 is 1.00 bits per heavy atom. The molecule has 3 amide bonds. The fourth-order valence-electron chi connectivity index (χ4n) is 5.41. The summed E-state index contributed by atoms with van der Waals surface area (Å²) < 4.78 is 16.4. The first kappa shape index (κ1) is 34.6. The lowest BCUT2D eigenvalue weighted by atomic mass is 9.95. The summed E-state index contributed by atoms with van der Waals surface area (Å²) in [4.78, 5) is 41.4. The molecule has 2 aliphatic rings. The van der Waals surface area contributed by atoms with Gasteiger partial charge in [0.25, 0.3) is 5.91 Å². The summed E-state index contributed by atoms with van der Waals surface area (Å²) in [5, 5.41) is 3.64. The molecule has 0 bridgehead atoms. The maximum Gasteiger partial charge on any atom is 0.254 e. The minimum absolute atomic E-state index is 0. The van der Waals surface area contributed by atoms with Crippen LogP contribution >= 0.6 is 12.4 Å². The van der Waals surface area contributed by atoms with E-state index < -0.39 is 0 Å². The fourth-order valence-corrected chi connectivity index (χ4v) is 5.41. The van der Waals surface area contributed by atoms with Crippen LogP contribution in [0.2, 0.25) is 0 Å². The van der Waals surface area contributed by atoms with Crippen LogP contribution in [0.25, 0.3) is 0 Å². The van der Waals surface area contributed by atoms with Crippen molar-refractivity contribution in [1.29, 1.82) is 0 Å². The predicted molar refractivity (Wildman–Crippen MR) is 161 cm³/mol. The van der Waals surface area contributed by atoms with Gasteiger partial charge in [0.05, 0.1) is 13.7 Å². The zero-order valence-electron chi connectivity index (χ0n) is 25.1. The van der Waals surface area contributed by atoms with Gasteiger partial charge >= 0.3 is 0 Å². The zero-order valence-corrected chi connectivity index (χ0v) is 25.9. The van der Waals surface area contributed by atoms with Crippen molar-refractivity contribution in [3.05, 3.63) is 23.8 Å². The third kappa shape index (κ3) is 10.7. The summed E-state index contributed by atoms with van der Waals surface area (Å²) in [5.41, 5.74) is 5.80. The quantitative estimate of drug-likeness (QED) is 0.264. The molecule has 10 nitrogen and oxygen atoms in total. The van der Waals surface area contributed by atoms with Crippen LogP contribution < -0.4 is 20.5 Å². The molecule has 41 heavy (non-hydrogen) atoms. The molecular weight excluding hydrogens is 548 g/mol. The lowest BCUT2D eigenvalue weighted by molar-refractivity contribution is -0.132. The standard InChI is InChI=1S/C30H48N4O6.ClH/c1-21(2)34(30(37)22-9-14-26(39-4)27(19-22)40-18-6-17-38-3)25-11-10-23(32-20-25)15-16-33(24-12-13-24)29(36)8-5-7-28(31)35;/h9,14,19,21,23-25,32H,5-8,10-13,15-18,20H2,1-4H3,(H2,31,35);1H. The van der Waals surface area contributed by atoms with Gasteiger partial charge in [-0.05, 0) is 70.6 Å². The van der Waals surface area contributed by atoms with E-state index in [1.165, 1.54) is 0 Å². The number of amides is 3. The van der Waals surface area contributed by atoms with E-state index in [2.05, 4.69) is 5.32 Å². The summed E-state index contributed by atoms with van der Waals surface area (Å²) in [5.74, 6) is 0.888. The van der Waals surface area contributed by atoms with Crippen LogP contribution in [-0.2, 0) is 14.3 Å². The summed E-state index contributed by atoms with van der Waals surface area (Å²) in [7, 11) is 3.25. The second kappa shape index (κ2) is 17.4. The monoisotopic (exact) mass is 596 g/mol. The molecule has 1 aromatic rings. The van der Waals surface area contributed by atoms with Gasteiger partial charge in [0.1, 0.15) is 0 Å². The summed E-state index contributed by atoms with van der Waals surface area (Å²) in [6, 6.07) is 6.10. The number of carbonyl (C=O) groups is 3. The Balaban J connectivity index is 0.00000588. The lowest BCUT2D eigenvalue weighted by Gasteiger charge is -2.40. The van der Waals surface area contributed by atoms with Gasteiger partial charge < -0.3 is 35.1 Å². The van der Waals surface area contributed by atoms with E-state index in [0.29, 0.717) is 68.3 Å². The highest BCUT2D eigenvalue weighted by atomic mass is 35.5. The second-order valence-electron chi connectivity index (χ2n) is 11.1. The molecule has 0 aromatic heterocycles. The number of ether oxygens (including phenoxy) is 3. The molecule has 1 heterocycles. The minimum Gasteiger partial charge on any atom is -0.493 e. The number of methoxy groups -OCH3 is 2. The number of piperidine rings is 1. The molecule has 0 spiro atoms. The molecule has 3 rings (SSSR count). The number of nitrogens with two attached hydrogens (primary N) is 1. The highest BCUT2D eigenvalue weighted by molar-refractivity contribution is 5.95. The number of rotatable bonds is 17. The molecule has 1 aliphatic heterocycles. The van der Waals surface area contributed by atoms with Crippen LogP contribution in [-0.4, -0.2) is 92.2 Å². The Labute approximate surface area is 251 Å². The van der Waals surface area contributed by atoms with Crippen molar-refractivity contribution in [2.45, 2.75) is 95.8 Å². The largest absolute Gasteiger partial charge is 0.493 e. The number of hydrogen-bond donors (Lipinski definition) is 2. The third-order valence-electron chi connectivity index (χ3n) is 7.68. The summed E-state index contributed by atoms with van der Waals surface area (Å²) in [6.45, 7) is 6.60. The second-order valence-corrected chi connectivity index (χ2v) is 11.1. The zero-order chi connectivity index (χ0) is 29.1. The van der Waals surface area contributed by atoms with Crippen molar-refractivity contribution in [1.82, 2.24) is 15.1 Å². The first-order valence-corrected chi connectivity index (χ1v) is 14.7. The normalized spacial score (nSPS) is 18.4. The van der Waals surface area contributed by atoms with E-state index >= 15 is 0 Å². The van der Waals surface area contributed by atoms with Crippen molar-refractivity contribution in [3.63, 3.8) is 0 Å². The lowest BCUT2D eigenvalue weighted by Crippen LogP contribution is -2.54. The average molecular weight is 597 g/mol. The molecule has 3 N–H and O–H groups in total. The summed E-state index contributed by atoms with van der Waals surface area (Å²) in [6.07, 6.45) is 6.69. The van der Waals surface area contributed by atoms with Crippen molar-refractivity contribution in [2.24, 2.45) is 5.73 Å². The Bertz CT molecular complexity index is 982. The fraction of sp³-hybridized carbons (Fsp3) is 0.700. The van der Waals surface area contributed by atoms with Gasteiger partial charge in [0, 0.05) is 75.8 Å². The Morgan fingerprint density at radius 3 is 2.32 bits per heavy atom. The van der Waals surface area contributed by atoms with Crippen LogP contribution in [0.15, 0.2) is 18.2 Å². The van der Waals surface area contributed by atoms with Gasteiger partial charge in [0.15, 0.2) is 11.5 Å². The average Bonchev–Trinajstić information content (AvgIpc) is 3.77. The number of hydrogen-bond acceptors (Lipinski definition) is 7. The maximum absolute atomic E-state index is 13.7. The van der Waals surface area contributed by atoms with E-state index in [1.807, 2.05) is 23.6 Å². The number of nitrogens with one attached hydrogen (secondary N) is 1. The minimum atomic E-state index is -0.362. The number of primary amides is 1. The van der Waals surface area contributed by atoms with Crippen molar-refractivity contribution in [3.8, 4) is 11.5 Å². The topological polar surface area (TPSA) is 123 Å². The molecule has 2 unspecified atom stereocenters. The number of halogens is 1. The molecule has 232 valence electrons. The molecule has 1 aromatic carbocycles. The molecule has 11 heteroatoms. The van der Waals surface area contributed by atoms with E-state index in [1.54, 1.807) is 32.4 Å². The molecule has 1 saturated carbocycles. The molecular formula is C30H49ClN4O6. The van der Waals surface area contributed by atoms with Gasteiger partial charge in [-0.3, -0.25) is 14.4 Å². The number of carbonyl (C=O) groups excluding carboxylic acids is 3. The van der Waals surface area contributed by atoms with Crippen LogP contribution in [0.5, 0.6) is 11.5 Å². The van der Waals surface area contributed by atoms with Crippen LogP contribution in [0, 0.1) is 0 Å². The SMILES string of the molecule is COCCCOc1cc(C(=O)N(C(C)C)C2CCC(CCN(C(=O)CCCC(N)=O)C3CC3)NC2)ccc1OC.Cl. The molecule has 1 aliphatic carbocycles. The van der Waals surface area contributed by atoms with Gasteiger partial charge in [0.2, 0.25) is 11.8 Å². The number of benzene rings is 1. The van der Waals surface area contributed by atoms with Crippen LogP contribution in [0.1, 0.15) is 82.0 Å². The Morgan fingerprint density at radius 2 is 1.73 bits per heavy atom. The van der Waals surface area contributed by atoms with Crippen molar-refractivity contribution < 1.29 is 28.6 Å². The Hall–Kier alpha value is -2.56. The van der Waals surface area contributed by atoms with E-state index in [9.17, 15) is 14.4 Å². The highest BCUT2D eigenvalue weighted by Gasteiger charge is 2.34. The first-order valence-electron chi connectivity index (χ1n) is 14.7. The van der Waals surface area contributed by atoms with Gasteiger partial charge in [-0.15, -0.1) is 12.4 Å². The number of nitrogens with zero attached hydrogens (tertiary/aromatic N) is 2. The molecule has 1 saturated heterocycles. The molecule has 2 fully saturated rings. The maximum atomic E-state index is 13.7. The van der Waals surface area contributed by atoms with Crippen LogP contribution in [0.3, 0.4) is 0 Å². The summed E-state index contributed by atoms with van der Waals surface area (Å²) >= 11 is 0. The van der Waals surface area contributed by atoms with Gasteiger partial charge in [-0.25, -0.2) is 0 Å². The van der Waals surface area contributed by atoms with E-state index in [4.69, 9.17) is 19.9 Å². The van der Waals surface area contributed by atoms with E-state index in [0.717, 1.165) is 38.5 Å². The third-order valence-corrected chi connectivity index (χ3v) is 7.68. The molecule has 0 radical (unpaired) electrons. The van der Waals surface area contributed by atoms with Crippen LogP contribution in [0.4, 0.5) is 0 Å². The van der Waals surface area contributed by atoms with Gasteiger partial charge in [-0.1, -0.05) is 0 Å². The predicted octanol–water partition coefficient (Wildman–Crippen LogP) is 3.54. The molecule has 2 atom stereocenters. The Kier molecular flexibility index (Phi) is 14.7. The van der Waals surface area contributed by atoms with Crippen molar-refractivity contribution in [2.75, 3.05) is 40.5 Å². The van der Waals surface area contributed by atoms with Gasteiger partial charge in [-0.2, -0.15) is 0 Å². The van der Waals surface area contributed by atoms with Crippen molar-refractivity contribution >= 4 is 30.1 Å². The smallest absolute Gasteiger partial charge is 0.254 e. The first-order chi connectivity index (χ1) is 19.2. The van der Waals surface area contributed by atoms with E-state index in [-0.39, 0.29) is 48.6 Å². The highest BCUT2D eigenvalue weighted by Crippen LogP contribution is 2.31.